The minimum absolute atomic E-state index is 0.108. The Morgan fingerprint density at radius 2 is 1.81 bits per heavy atom. The van der Waals surface area contributed by atoms with Gasteiger partial charge in [-0.3, -0.25) is 4.79 Å². The molecule has 4 rings (SSSR count). The summed E-state index contributed by atoms with van der Waals surface area (Å²) < 4.78 is 5.46. The molecule has 1 amide bonds. The first-order chi connectivity index (χ1) is 12.5. The van der Waals surface area contributed by atoms with Gasteiger partial charge in [0.1, 0.15) is 0 Å². The van der Waals surface area contributed by atoms with Gasteiger partial charge in [-0.25, -0.2) is 0 Å². The summed E-state index contributed by atoms with van der Waals surface area (Å²) in [5.41, 5.74) is 1.43. The van der Waals surface area contributed by atoms with Crippen molar-refractivity contribution in [3.63, 3.8) is 0 Å². The molecule has 3 fully saturated rings. The van der Waals surface area contributed by atoms with Crippen molar-refractivity contribution in [2.45, 2.75) is 57.0 Å². The summed E-state index contributed by atoms with van der Waals surface area (Å²) >= 11 is 0. The first-order valence-corrected chi connectivity index (χ1v) is 10.1. The Morgan fingerprint density at radius 1 is 1.15 bits per heavy atom. The summed E-state index contributed by atoms with van der Waals surface area (Å²) in [6.07, 6.45) is 4.45. The van der Waals surface area contributed by atoms with Crippen molar-refractivity contribution in [3.05, 3.63) is 35.4 Å². The molecule has 4 heteroatoms. The molecule has 1 N–H and O–H groups in total. The number of hydrogen-bond acceptors (Lipinski definition) is 3. The van der Waals surface area contributed by atoms with Crippen molar-refractivity contribution >= 4 is 5.91 Å². The zero-order valence-electron chi connectivity index (χ0n) is 16.0. The molecule has 2 saturated heterocycles. The molecule has 1 aromatic carbocycles. The number of ether oxygens (including phenoxy) is 1. The summed E-state index contributed by atoms with van der Waals surface area (Å²) in [5, 5.41) is 11.3. The fourth-order valence-corrected chi connectivity index (χ4v) is 5.06. The zero-order valence-corrected chi connectivity index (χ0v) is 16.0. The molecule has 0 spiro atoms. The number of hydrogen-bond donors (Lipinski definition) is 1. The molecule has 2 heterocycles. The van der Waals surface area contributed by atoms with Gasteiger partial charge in [-0.1, -0.05) is 36.8 Å². The van der Waals surface area contributed by atoms with E-state index in [0.717, 1.165) is 44.5 Å². The van der Waals surface area contributed by atoms with E-state index >= 15 is 0 Å². The van der Waals surface area contributed by atoms with Gasteiger partial charge in [0.05, 0.1) is 11.0 Å². The van der Waals surface area contributed by atoms with Crippen LogP contribution in [0.3, 0.4) is 0 Å². The normalized spacial score (nSPS) is 31.7. The Bertz CT molecular complexity index is 660. The molecular weight excluding hydrogens is 326 g/mol. The number of likely N-dealkylation sites (tertiary alicyclic amines) is 1. The number of nitrogens with zero attached hydrogens (tertiary/aromatic N) is 1. The van der Waals surface area contributed by atoms with Crippen LogP contribution in [0.15, 0.2) is 24.3 Å². The van der Waals surface area contributed by atoms with Crippen molar-refractivity contribution in [3.8, 4) is 0 Å². The predicted octanol–water partition coefficient (Wildman–Crippen LogP) is 3.05. The van der Waals surface area contributed by atoms with Crippen molar-refractivity contribution < 1.29 is 14.6 Å². The Hall–Kier alpha value is -1.39. The minimum atomic E-state index is -0.652. The number of carbonyl (C=O) groups excluding carboxylic acids is 1. The third kappa shape index (κ3) is 2.97. The molecule has 3 aliphatic rings. The van der Waals surface area contributed by atoms with Crippen molar-refractivity contribution in [1.82, 2.24) is 4.90 Å². The lowest BCUT2D eigenvalue weighted by molar-refractivity contribution is -0.153. The molecule has 1 saturated carbocycles. The van der Waals surface area contributed by atoms with Crippen LogP contribution >= 0.6 is 0 Å². The number of rotatable bonds is 3. The van der Waals surface area contributed by atoms with Crippen LogP contribution in [0.4, 0.5) is 0 Å². The molecule has 2 aliphatic heterocycles. The van der Waals surface area contributed by atoms with Crippen LogP contribution in [0.2, 0.25) is 0 Å². The van der Waals surface area contributed by atoms with Gasteiger partial charge < -0.3 is 14.7 Å². The molecule has 1 aromatic rings. The van der Waals surface area contributed by atoms with Gasteiger partial charge in [0.2, 0.25) is 5.91 Å². The van der Waals surface area contributed by atoms with E-state index in [1.165, 1.54) is 5.56 Å². The highest BCUT2D eigenvalue weighted by Crippen LogP contribution is 2.50. The second-order valence-corrected chi connectivity index (χ2v) is 8.73. The van der Waals surface area contributed by atoms with E-state index in [9.17, 15) is 9.90 Å². The molecule has 142 valence electrons. The molecular formula is C22H31NO3. The molecule has 4 nitrogen and oxygen atoms in total. The SMILES string of the molecule is Cc1ccc(C2(C(=O)N3CC[C@@](O)(C4CCOCC4)[C@H](C)C3)CC2)cc1. The van der Waals surface area contributed by atoms with Crippen LogP contribution in [-0.2, 0) is 14.9 Å². The summed E-state index contributed by atoms with van der Waals surface area (Å²) in [5.74, 6) is 0.676. The van der Waals surface area contributed by atoms with Crippen LogP contribution < -0.4 is 0 Å². The number of amides is 1. The third-order valence-corrected chi connectivity index (χ3v) is 7.11. The Balaban J connectivity index is 1.47. The van der Waals surface area contributed by atoms with Gasteiger partial charge in [0.25, 0.3) is 0 Å². The molecule has 26 heavy (non-hydrogen) atoms. The Morgan fingerprint density at radius 3 is 2.38 bits per heavy atom. The van der Waals surface area contributed by atoms with Gasteiger partial charge in [-0.05, 0) is 50.5 Å². The smallest absolute Gasteiger partial charge is 0.233 e. The number of piperidine rings is 1. The van der Waals surface area contributed by atoms with E-state index in [2.05, 4.69) is 38.1 Å². The van der Waals surface area contributed by atoms with E-state index in [1.54, 1.807) is 0 Å². The number of carbonyl (C=O) groups is 1. The third-order valence-electron chi connectivity index (χ3n) is 7.11. The molecule has 0 aromatic heterocycles. The highest BCUT2D eigenvalue weighted by Gasteiger charge is 2.55. The summed E-state index contributed by atoms with van der Waals surface area (Å²) in [4.78, 5) is 15.3. The van der Waals surface area contributed by atoms with E-state index < -0.39 is 5.60 Å². The fraction of sp³-hybridized carbons (Fsp3) is 0.682. The van der Waals surface area contributed by atoms with E-state index in [0.29, 0.717) is 25.4 Å². The number of aliphatic hydroxyl groups is 1. The average Bonchev–Trinajstić information content (AvgIpc) is 3.47. The highest BCUT2D eigenvalue weighted by molar-refractivity contribution is 5.91. The van der Waals surface area contributed by atoms with Crippen LogP contribution in [0.1, 0.15) is 50.2 Å². The van der Waals surface area contributed by atoms with Gasteiger partial charge in [-0.15, -0.1) is 0 Å². The fourth-order valence-electron chi connectivity index (χ4n) is 5.06. The van der Waals surface area contributed by atoms with E-state index in [1.807, 2.05) is 4.90 Å². The van der Waals surface area contributed by atoms with Crippen molar-refractivity contribution in [2.75, 3.05) is 26.3 Å². The Labute approximate surface area is 156 Å². The monoisotopic (exact) mass is 357 g/mol. The van der Waals surface area contributed by atoms with E-state index in [-0.39, 0.29) is 17.2 Å². The molecule has 0 unspecified atom stereocenters. The van der Waals surface area contributed by atoms with Crippen LogP contribution in [0.25, 0.3) is 0 Å². The van der Waals surface area contributed by atoms with Crippen molar-refractivity contribution in [2.24, 2.45) is 11.8 Å². The molecule has 1 aliphatic carbocycles. The Kier molecular flexibility index (Phi) is 4.60. The van der Waals surface area contributed by atoms with Crippen LogP contribution in [0, 0.1) is 18.8 Å². The van der Waals surface area contributed by atoms with Crippen LogP contribution in [0.5, 0.6) is 0 Å². The predicted molar refractivity (Wildman–Crippen MR) is 101 cm³/mol. The first kappa shape index (κ1) is 18.0. The maximum Gasteiger partial charge on any atom is 0.233 e. The van der Waals surface area contributed by atoms with Gasteiger partial charge in [0.15, 0.2) is 0 Å². The van der Waals surface area contributed by atoms with E-state index in [4.69, 9.17) is 4.74 Å². The number of benzene rings is 1. The molecule has 2 atom stereocenters. The lowest BCUT2D eigenvalue weighted by Gasteiger charge is -2.49. The van der Waals surface area contributed by atoms with Crippen molar-refractivity contribution in [1.29, 1.82) is 0 Å². The maximum absolute atomic E-state index is 13.3. The number of aryl methyl sites for hydroxylation is 1. The molecule has 0 radical (unpaired) electrons. The minimum Gasteiger partial charge on any atom is -0.389 e. The second kappa shape index (κ2) is 6.65. The van der Waals surface area contributed by atoms with Gasteiger partial charge >= 0.3 is 0 Å². The summed E-state index contributed by atoms with van der Waals surface area (Å²) in [6.45, 7) is 7.03. The summed E-state index contributed by atoms with van der Waals surface area (Å²) in [7, 11) is 0. The maximum atomic E-state index is 13.3. The van der Waals surface area contributed by atoms with Gasteiger partial charge in [-0.2, -0.15) is 0 Å². The quantitative estimate of drug-likeness (QED) is 0.904. The summed E-state index contributed by atoms with van der Waals surface area (Å²) in [6, 6.07) is 8.44. The lowest BCUT2D eigenvalue weighted by Crippen LogP contribution is -2.58. The molecule has 0 bridgehead atoms. The van der Waals surface area contributed by atoms with Crippen LogP contribution in [-0.4, -0.2) is 47.8 Å². The second-order valence-electron chi connectivity index (χ2n) is 8.73. The largest absolute Gasteiger partial charge is 0.389 e. The first-order valence-electron chi connectivity index (χ1n) is 10.1. The topological polar surface area (TPSA) is 49.8 Å². The lowest BCUT2D eigenvalue weighted by atomic mass is 9.70. The standard InChI is InChI=1S/C22H31NO3/c1-16-3-5-18(6-4-16)21(9-10-21)20(24)23-12-11-22(25,17(2)15-23)19-7-13-26-14-8-19/h3-6,17,19,25H,7-15H2,1-2H3/t17-,22+/m1/s1. The average molecular weight is 357 g/mol. The van der Waals surface area contributed by atoms with Gasteiger partial charge in [0, 0.05) is 32.2 Å². The highest BCUT2D eigenvalue weighted by atomic mass is 16.5. The zero-order chi connectivity index (χ0) is 18.4.